The molecule has 3 aromatic rings. The number of phenolic OH excluding ortho intramolecular Hbond substituents is 1. The number of carbonyl (C=O) groups is 1. The summed E-state index contributed by atoms with van der Waals surface area (Å²) in [4.78, 5) is 25.9. The van der Waals surface area contributed by atoms with Gasteiger partial charge in [-0.1, -0.05) is 23.7 Å². The van der Waals surface area contributed by atoms with Crippen LogP contribution >= 0.6 is 11.6 Å². The molecular formula is C25H24ClNO7. The van der Waals surface area contributed by atoms with Crippen LogP contribution in [0.3, 0.4) is 0 Å². The smallest absolute Gasteiger partial charge is 0.306 e. The zero-order valence-corrected chi connectivity index (χ0v) is 19.5. The molecule has 178 valence electrons. The molecule has 4 rings (SSSR count). The van der Waals surface area contributed by atoms with E-state index in [4.69, 9.17) is 25.8 Å². The topological polar surface area (TPSA) is 107 Å². The predicted molar refractivity (Wildman–Crippen MR) is 125 cm³/mol. The molecule has 1 atom stereocenters. The van der Waals surface area contributed by atoms with Gasteiger partial charge in [0.25, 0.3) is 5.56 Å². The van der Waals surface area contributed by atoms with Crippen LogP contribution in [0.5, 0.6) is 23.0 Å². The molecule has 0 saturated heterocycles. The summed E-state index contributed by atoms with van der Waals surface area (Å²) in [7, 11) is 1.26. The molecule has 0 unspecified atom stereocenters. The van der Waals surface area contributed by atoms with E-state index in [0.717, 1.165) is 5.56 Å². The van der Waals surface area contributed by atoms with E-state index in [1.54, 1.807) is 47.9 Å². The van der Waals surface area contributed by atoms with Crippen LogP contribution in [0.2, 0.25) is 5.02 Å². The van der Waals surface area contributed by atoms with E-state index in [-0.39, 0.29) is 35.3 Å². The lowest BCUT2D eigenvalue weighted by Gasteiger charge is -2.21. The van der Waals surface area contributed by atoms with Crippen LogP contribution in [-0.2, 0) is 22.5 Å². The van der Waals surface area contributed by atoms with Crippen molar-refractivity contribution in [2.45, 2.75) is 32.2 Å². The second kappa shape index (κ2) is 9.69. The molecule has 0 amide bonds. The van der Waals surface area contributed by atoms with E-state index < -0.39 is 17.4 Å². The SMILES string of the molecule is COC(=O)C[C@H](c1cc(Cl)c2c(c1)OCO2)c1c(O)cc(C)n(CCc2ccc(O)cc2)c1=O. The van der Waals surface area contributed by atoms with E-state index in [9.17, 15) is 19.8 Å². The number of rotatable bonds is 7. The maximum absolute atomic E-state index is 13.6. The van der Waals surface area contributed by atoms with Crippen molar-refractivity contribution >= 4 is 17.6 Å². The summed E-state index contributed by atoms with van der Waals surface area (Å²) in [6, 6.07) is 11.5. The number of ether oxygens (including phenoxy) is 3. The molecule has 2 aromatic carbocycles. The number of nitrogens with zero attached hydrogens (tertiary/aromatic N) is 1. The summed E-state index contributed by atoms with van der Waals surface area (Å²) in [5, 5.41) is 20.6. The Balaban J connectivity index is 1.77. The number of pyridine rings is 1. The number of phenols is 1. The molecule has 2 N–H and O–H groups in total. The Bertz CT molecular complexity index is 1280. The average molecular weight is 486 g/mol. The summed E-state index contributed by atoms with van der Waals surface area (Å²) in [6.45, 7) is 2.09. The van der Waals surface area contributed by atoms with E-state index in [0.29, 0.717) is 35.7 Å². The zero-order chi connectivity index (χ0) is 24.4. The van der Waals surface area contributed by atoms with Gasteiger partial charge in [0.15, 0.2) is 11.5 Å². The van der Waals surface area contributed by atoms with Crippen LogP contribution in [0.25, 0.3) is 0 Å². The van der Waals surface area contributed by atoms with E-state index in [2.05, 4.69) is 0 Å². The first kappa shape index (κ1) is 23.5. The molecule has 1 aromatic heterocycles. The summed E-state index contributed by atoms with van der Waals surface area (Å²) < 4.78 is 17.2. The minimum Gasteiger partial charge on any atom is -0.508 e. The van der Waals surface area contributed by atoms with Gasteiger partial charge in [-0.3, -0.25) is 9.59 Å². The average Bonchev–Trinajstić information content (AvgIpc) is 3.28. The van der Waals surface area contributed by atoms with Gasteiger partial charge in [0.05, 0.1) is 24.1 Å². The molecule has 0 spiro atoms. The number of methoxy groups -OCH3 is 1. The molecule has 8 nitrogen and oxygen atoms in total. The largest absolute Gasteiger partial charge is 0.508 e. The molecule has 9 heteroatoms. The monoisotopic (exact) mass is 485 g/mol. The molecule has 0 fully saturated rings. The Labute approximate surface area is 200 Å². The summed E-state index contributed by atoms with van der Waals surface area (Å²) >= 11 is 6.36. The number of aryl methyl sites for hydroxylation is 2. The molecular weight excluding hydrogens is 462 g/mol. The lowest BCUT2D eigenvalue weighted by molar-refractivity contribution is -0.140. The number of halogens is 1. The van der Waals surface area contributed by atoms with Crippen molar-refractivity contribution in [3.05, 3.63) is 80.2 Å². The Morgan fingerprint density at radius 2 is 1.91 bits per heavy atom. The molecule has 2 heterocycles. The van der Waals surface area contributed by atoms with Crippen LogP contribution in [0.4, 0.5) is 0 Å². The fourth-order valence-electron chi connectivity index (χ4n) is 4.10. The van der Waals surface area contributed by atoms with E-state index in [1.165, 1.54) is 13.2 Å². The van der Waals surface area contributed by atoms with Crippen LogP contribution in [0, 0.1) is 6.92 Å². The molecule has 0 aliphatic carbocycles. The fourth-order valence-corrected chi connectivity index (χ4v) is 4.38. The number of aromatic hydroxyl groups is 2. The summed E-state index contributed by atoms with van der Waals surface area (Å²) in [5.74, 6) is -0.636. The third-order valence-corrected chi connectivity index (χ3v) is 6.16. The third kappa shape index (κ3) is 4.68. The number of benzene rings is 2. The van der Waals surface area contributed by atoms with Crippen LogP contribution in [-0.4, -0.2) is 34.7 Å². The van der Waals surface area contributed by atoms with Crippen molar-refractivity contribution < 1.29 is 29.2 Å². The van der Waals surface area contributed by atoms with Gasteiger partial charge in [0.2, 0.25) is 6.79 Å². The fraction of sp³-hybridized carbons (Fsp3) is 0.280. The summed E-state index contributed by atoms with van der Waals surface area (Å²) in [5.41, 5.74) is 1.68. The van der Waals surface area contributed by atoms with Gasteiger partial charge in [-0.05, 0) is 54.8 Å². The third-order valence-electron chi connectivity index (χ3n) is 5.88. The molecule has 1 aliphatic heterocycles. The molecule has 1 aliphatic rings. The van der Waals surface area contributed by atoms with Crippen molar-refractivity contribution in [3.63, 3.8) is 0 Å². The highest BCUT2D eigenvalue weighted by Crippen LogP contribution is 2.43. The minimum atomic E-state index is -0.826. The van der Waals surface area contributed by atoms with Crippen molar-refractivity contribution in [2.24, 2.45) is 0 Å². The van der Waals surface area contributed by atoms with Gasteiger partial charge in [0.1, 0.15) is 11.5 Å². The maximum Gasteiger partial charge on any atom is 0.306 e. The van der Waals surface area contributed by atoms with Crippen LogP contribution in [0.1, 0.15) is 34.7 Å². The highest BCUT2D eigenvalue weighted by atomic mass is 35.5. The van der Waals surface area contributed by atoms with Gasteiger partial charge in [0, 0.05) is 18.2 Å². The van der Waals surface area contributed by atoms with Crippen molar-refractivity contribution in [2.75, 3.05) is 13.9 Å². The molecule has 0 saturated carbocycles. The minimum absolute atomic E-state index is 0.0139. The maximum atomic E-state index is 13.6. The zero-order valence-electron chi connectivity index (χ0n) is 18.7. The number of esters is 1. The number of hydrogen-bond donors (Lipinski definition) is 2. The number of aromatic nitrogens is 1. The van der Waals surface area contributed by atoms with E-state index in [1.807, 2.05) is 0 Å². The Kier molecular flexibility index (Phi) is 6.70. The first-order valence-corrected chi connectivity index (χ1v) is 11.0. The van der Waals surface area contributed by atoms with E-state index >= 15 is 0 Å². The Hall–Kier alpha value is -3.65. The molecule has 0 radical (unpaired) electrons. The van der Waals surface area contributed by atoms with Crippen molar-refractivity contribution in [3.8, 4) is 23.0 Å². The lowest BCUT2D eigenvalue weighted by Crippen LogP contribution is -2.29. The van der Waals surface area contributed by atoms with Crippen LogP contribution < -0.4 is 15.0 Å². The second-order valence-electron chi connectivity index (χ2n) is 8.03. The highest BCUT2D eigenvalue weighted by Gasteiger charge is 2.29. The van der Waals surface area contributed by atoms with Gasteiger partial charge >= 0.3 is 5.97 Å². The van der Waals surface area contributed by atoms with Gasteiger partial charge in [-0.25, -0.2) is 0 Å². The molecule has 34 heavy (non-hydrogen) atoms. The summed E-state index contributed by atoms with van der Waals surface area (Å²) in [6.07, 6.45) is 0.346. The second-order valence-corrected chi connectivity index (χ2v) is 8.43. The first-order chi connectivity index (χ1) is 16.3. The lowest BCUT2D eigenvalue weighted by atomic mass is 9.88. The number of carbonyl (C=O) groups excluding carboxylic acids is 1. The van der Waals surface area contributed by atoms with Gasteiger partial charge in [-0.15, -0.1) is 0 Å². The number of fused-ring (bicyclic) bond motifs is 1. The highest BCUT2D eigenvalue weighted by molar-refractivity contribution is 6.32. The van der Waals surface area contributed by atoms with Gasteiger partial charge in [-0.2, -0.15) is 0 Å². The van der Waals surface area contributed by atoms with Crippen molar-refractivity contribution in [1.82, 2.24) is 4.57 Å². The number of hydrogen-bond acceptors (Lipinski definition) is 7. The Morgan fingerprint density at radius 1 is 1.18 bits per heavy atom. The predicted octanol–water partition coefficient (Wildman–Crippen LogP) is 3.89. The van der Waals surface area contributed by atoms with Crippen molar-refractivity contribution in [1.29, 1.82) is 0 Å². The quantitative estimate of drug-likeness (QED) is 0.489. The van der Waals surface area contributed by atoms with Gasteiger partial charge < -0.3 is 29.0 Å². The molecule has 0 bridgehead atoms. The normalized spacial score (nSPS) is 13.0. The standard InChI is InChI=1S/C25H24ClNO7/c1-14-9-20(29)23(25(31)27(14)8-7-15-3-5-17(28)6-4-15)18(12-22(30)32-2)16-10-19(26)24-21(11-16)33-13-34-24/h3-6,9-11,18,28-29H,7-8,12-13H2,1-2H3/t18-/m1/s1. The first-order valence-electron chi connectivity index (χ1n) is 10.7. The Morgan fingerprint density at radius 3 is 2.62 bits per heavy atom. The van der Waals surface area contributed by atoms with Crippen LogP contribution in [0.15, 0.2) is 47.3 Å².